The summed E-state index contributed by atoms with van der Waals surface area (Å²) in [5, 5.41) is 14.2. The van der Waals surface area contributed by atoms with Crippen molar-refractivity contribution in [3.8, 4) is 17.2 Å². The molecule has 0 spiro atoms. The Balaban J connectivity index is 1.49. The Morgan fingerprint density at radius 2 is 1.78 bits per heavy atom. The van der Waals surface area contributed by atoms with Gasteiger partial charge in [0.25, 0.3) is 5.91 Å². The van der Waals surface area contributed by atoms with Gasteiger partial charge in [-0.15, -0.1) is 6.58 Å². The SMILES string of the molecule is C=CCc1cccc(/C=N/NC(=O)C(C)Oc2ccc(OCc3ccccc3)cc2)c1O. The minimum absolute atomic E-state index is 0.115. The van der Waals surface area contributed by atoms with Gasteiger partial charge in [0.05, 0.1) is 6.21 Å². The molecule has 2 N–H and O–H groups in total. The molecule has 1 atom stereocenters. The molecule has 164 valence electrons. The highest BCUT2D eigenvalue weighted by atomic mass is 16.5. The van der Waals surface area contributed by atoms with Gasteiger partial charge in [0.2, 0.25) is 0 Å². The van der Waals surface area contributed by atoms with Crippen molar-refractivity contribution in [2.75, 3.05) is 0 Å². The van der Waals surface area contributed by atoms with Crippen LogP contribution in [0, 0.1) is 0 Å². The zero-order valence-electron chi connectivity index (χ0n) is 17.9. The number of benzene rings is 3. The molecule has 0 heterocycles. The van der Waals surface area contributed by atoms with Crippen LogP contribution in [-0.4, -0.2) is 23.3 Å². The summed E-state index contributed by atoms with van der Waals surface area (Å²) in [4.78, 5) is 12.3. The maximum absolute atomic E-state index is 12.3. The Morgan fingerprint density at radius 3 is 2.50 bits per heavy atom. The van der Waals surface area contributed by atoms with Crippen LogP contribution in [0.5, 0.6) is 17.2 Å². The molecular weight excluding hydrogens is 404 g/mol. The maximum atomic E-state index is 12.3. The summed E-state index contributed by atoms with van der Waals surface area (Å²) in [6, 6.07) is 22.3. The third-order valence-corrected chi connectivity index (χ3v) is 4.65. The van der Waals surface area contributed by atoms with E-state index in [0.717, 1.165) is 11.1 Å². The van der Waals surface area contributed by atoms with E-state index < -0.39 is 12.0 Å². The Bertz CT molecular complexity index is 1060. The van der Waals surface area contributed by atoms with E-state index in [0.29, 0.717) is 30.1 Å². The van der Waals surface area contributed by atoms with Crippen molar-refractivity contribution < 1.29 is 19.4 Å². The highest BCUT2D eigenvalue weighted by molar-refractivity contribution is 5.86. The van der Waals surface area contributed by atoms with Crippen molar-refractivity contribution >= 4 is 12.1 Å². The average Bonchev–Trinajstić information content (AvgIpc) is 2.81. The summed E-state index contributed by atoms with van der Waals surface area (Å²) in [5.74, 6) is 0.955. The molecular formula is C26H26N2O4. The second-order valence-electron chi connectivity index (χ2n) is 7.09. The van der Waals surface area contributed by atoms with Crippen LogP contribution < -0.4 is 14.9 Å². The van der Waals surface area contributed by atoms with Gasteiger partial charge in [0.1, 0.15) is 23.9 Å². The third kappa shape index (κ3) is 6.47. The Labute approximate surface area is 187 Å². The van der Waals surface area contributed by atoms with Crippen LogP contribution in [-0.2, 0) is 17.8 Å². The molecule has 0 fully saturated rings. The molecule has 6 nitrogen and oxygen atoms in total. The second-order valence-corrected chi connectivity index (χ2v) is 7.09. The lowest BCUT2D eigenvalue weighted by Crippen LogP contribution is -2.33. The maximum Gasteiger partial charge on any atom is 0.280 e. The van der Waals surface area contributed by atoms with E-state index in [1.165, 1.54) is 6.21 Å². The number of para-hydroxylation sites is 1. The number of carbonyl (C=O) groups is 1. The normalized spacial score (nSPS) is 11.7. The van der Waals surface area contributed by atoms with Gasteiger partial charge in [-0.3, -0.25) is 4.79 Å². The van der Waals surface area contributed by atoms with Crippen LogP contribution in [0.15, 0.2) is 90.6 Å². The molecule has 0 aliphatic rings. The van der Waals surface area contributed by atoms with E-state index in [4.69, 9.17) is 9.47 Å². The molecule has 32 heavy (non-hydrogen) atoms. The summed E-state index contributed by atoms with van der Waals surface area (Å²) in [5.41, 5.74) is 4.76. The van der Waals surface area contributed by atoms with Crippen molar-refractivity contribution in [2.24, 2.45) is 5.10 Å². The van der Waals surface area contributed by atoms with E-state index in [9.17, 15) is 9.90 Å². The molecule has 0 saturated carbocycles. The van der Waals surface area contributed by atoms with Crippen molar-refractivity contribution in [3.05, 3.63) is 102 Å². The molecule has 3 aromatic rings. The van der Waals surface area contributed by atoms with Crippen LogP contribution in [0.4, 0.5) is 0 Å². The number of ether oxygens (including phenoxy) is 2. The van der Waals surface area contributed by atoms with Gasteiger partial charge < -0.3 is 14.6 Å². The monoisotopic (exact) mass is 430 g/mol. The number of amides is 1. The predicted molar refractivity (Wildman–Crippen MR) is 125 cm³/mol. The van der Waals surface area contributed by atoms with Gasteiger partial charge >= 0.3 is 0 Å². The van der Waals surface area contributed by atoms with Crippen LogP contribution in [0.1, 0.15) is 23.6 Å². The first-order valence-electron chi connectivity index (χ1n) is 10.2. The standard InChI is InChI=1S/C26H26N2O4/c1-3-8-21-11-7-12-22(25(21)29)17-27-28-26(30)19(2)32-24-15-13-23(14-16-24)31-18-20-9-5-4-6-10-20/h3-7,9-17,19,29H,1,8,18H2,2H3,(H,28,30)/b27-17+. The first-order valence-corrected chi connectivity index (χ1v) is 10.2. The first kappa shape index (κ1) is 22.6. The molecule has 0 radical (unpaired) electrons. The lowest BCUT2D eigenvalue weighted by Gasteiger charge is -2.13. The highest BCUT2D eigenvalue weighted by Crippen LogP contribution is 2.22. The number of phenolic OH excluding ortho intramolecular Hbond substituents is 1. The van der Waals surface area contributed by atoms with Gasteiger partial charge in [0, 0.05) is 5.56 Å². The van der Waals surface area contributed by atoms with Gasteiger partial charge in [0.15, 0.2) is 6.10 Å². The minimum Gasteiger partial charge on any atom is -0.507 e. The van der Waals surface area contributed by atoms with E-state index >= 15 is 0 Å². The molecule has 0 saturated heterocycles. The zero-order valence-corrected chi connectivity index (χ0v) is 17.9. The third-order valence-electron chi connectivity index (χ3n) is 4.65. The van der Waals surface area contributed by atoms with E-state index in [-0.39, 0.29) is 5.75 Å². The summed E-state index contributed by atoms with van der Waals surface area (Å²) in [6.45, 7) is 5.78. The van der Waals surface area contributed by atoms with Gasteiger partial charge in [-0.05, 0) is 54.8 Å². The molecule has 3 rings (SSSR count). The highest BCUT2D eigenvalue weighted by Gasteiger charge is 2.14. The quantitative estimate of drug-likeness (QED) is 0.279. The molecule has 1 amide bonds. The molecule has 6 heteroatoms. The van der Waals surface area contributed by atoms with Crippen LogP contribution in [0.25, 0.3) is 0 Å². The number of allylic oxidation sites excluding steroid dienone is 1. The topological polar surface area (TPSA) is 80.2 Å². The lowest BCUT2D eigenvalue weighted by atomic mass is 10.1. The molecule has 3 aromatic carbocycles. The van der Waals surface area contributed by atoms with Crippen LogP contribution in [0.3, 0.4) is 0 Å². The van der Waals surface area contributed by atoms with E-state index in [1.807, 2.05) is 30.3 Å². The number of nitrogens with one attached hydrogen (secondary N) is 1. The second kappa shape index (κ2) is 11.4. The Kier molecular flexibility index (Phi) is 8.03. The number of aromatic hydroxyl groups is 1. The summed E-state index contributed by atoms with van der Waals surface area (Å²) in [7, 11) is 0. The fraction of sp³-hybridized carbons (Fsp3) is 0.154. The molecule has 0 aliphatic carbocycles. The number of hydrogen-bond donors (Lipinski definition) is 2. The van der Waals surface area contributed by atoms with Gasteiger partial charge in [-0.25, -0.2) is 5.43 Å². The molecule has 0 bridgehead atoms. The summed E-state index contributed by atoms with van der Waals surface area (Å²) < 4.78 is 11.4. The smallest absolute Gasteiger partial charge is 0.280 e. The van der Waals surface area contributed by atoms with Gasteiger partial charge in [-0.2, -0.15) is 5.10 Å². The number of phenols is 1. The number of carbonyl (C=O) groups excluding carboxylic acids is 1. The molecule has 1 unspecified atom stereocenters. The first-order chi connectivity index (χ1) is 15.6. The number of nitrogens with zero attached hydrogens (tertiary/aromatic N) is 1. The number of hydrazone groups is 1. The van der Waals surface area contributed by atoms with Crippen molar-refractivity contribution in [2.45, 2.75) is 26.1 Å². The van der Waals surface area contributed by atoms with Crippen molar-refractivity contribution in [1.82, 2.24) is 5.43 Å². The Hall–Kier alpha value is -4.06. The van der Waals surface area contributed by atoms with E-state index in [2.05, 4.69) is 17.1 Å². The predicted octanol–water partition coefficient (Wildman–Crippen LogP) is 4.62. The zero-order chi connectivity index (χ0) is 22.8. The summed E-state index contributed by atoms with van der Waals surface area (Å²) >= 11 is 0. The van der Waals surface area contributed by atoms with Crippen LogP contribution >= 0.6 is 0 Å². The lowest BCUT2D eigenvalue weighted by molar-refractivity contribution is -0.127. The van der Waals surface area contributed by atoms with Crippen LogP contribution in [0.2, 0.25) is 0 Å². The van der Waals surface area contributed by atoms with Crippen molar-refractivity contribution in [1.29, 1.82) is 0 Å². The van der Waals surface area contributed by atoms with Crippen molar-refractivity contribution in [3.63, 3.8) is 0 Å². The van der Waals surface area contributed by atoms with Gasteiger partial charge in [-0.1, -0.05) is 48.5 Å². The Morgan fingerprint density at radius 1 is 1.06 bits per heavy atom. The fourth-order valence-corrected chi connectivity index (χ4v) is 2.90. The number of rotatable bonds is 10. The molecule has 0 aliphatic heterocycles. The largest absolute Gasteiger partial charge is 0.507 e. The molecule has 0 aromatic heterocycles. The number of hydrogen-bond acceptors (Lipinski definition) is 5. The summed E-state index contributed by atoms with van der Waals surface area (Å²) in [6.07, 6.45) is 2.88. The minimum atomic E-state index is -0.760. The average molecular weight is 431 g/mol. The van der Waals surface area contributed by atoms with E-state index in [1.54, 1.807) is 55.5 Å². The fourth-order valence-electron chi connectivity index (χ4n) is 2.90.